The predicted molar refractivity (Wildman–Crippen MR) is 94.5 cm³/mol. The first-order valence-corrected chi connectivity index (χ1v) is 8.61. The van der Waals surface area contributed by atoms with E-state index in [1.165, 1.54) is 5.69 Å². The third kappa shape index (κ3) is 3.75. The number of hydrogen-bond acceptors (Lipinski definition) is 4. The van der Waals surface area contributed by atoms with Gasteiger partial charge in [-0.05, 0) is 31.9 Å². The van der Waals surface area contributed by atoms with Gasteiger partial charge in [-0.2, -0.15) is 5.10 Å². The zero-order chi connectivity index (χ0) is 17.8. The molecular weight excluding hydrogens is 318 g/mol. The molecule has 0 radical (unpaired) electrons. The lowest BCUT2D eigenvalue weighted by molar-refractivity contribution is 0.177. The maximum Gasteiger partial charge on any atom is 0.317 e. The van der Waals surface area contributed by atoms with E-state index in [0.717, 1.165) is 31.5 Å². The number of ether oxygens (including phenoxy) is 1. The maximum absolute atomic E-state index is 12.6. The molecule has 0 saturated carbocycles. The van der Waals surface area contributed by atoms with Crippen molar-refractivity contribution in [3.63, 3.8) is 0 Å². The third-order valence-corrected chi connectivity index (χ3v) is 4.90. The summed E-state index contributed by atoms with van der Waals surface area (Å²) in [5.41, 5.74) is 2.17. The second kappa shape index (κ2) is 7.55. The second-order valence-corrected chi connectivity index (χ2v) is 6.43. The summed E-state index contributed by atoms with van der Waals surface area (Å²) >= 11 is 0. The minimum absolute atomic E-state index is 0.0326. The first kappa shape index (κ1) is 17.3. The number of carbonyl (C=O) groups excluding carboxylic acids is 1. The van der Waals surface area contributed by atoms with Gasteiger partial charge in [-0.3, -0.25) is 9.67 Å². The maximum atomic E-state index is 12.6. The van der Waals surface area contributed by atoms with Crippen molar-refractivity contribution in [3.8, 4) is 5.75 Å². The number of piperidine rings is 1. The summed E-state index contributed by atoms with van der Waals surface area (Å²) in [6.45, 7) is 3.46. The average Bonchev–Trinajstić information content (AvgIpc) is 3.07. The molecule has 0 aliphatic carbocycles. The Morgan fingerprint density at radius 2 is 2.08 bits per heavy atom. The lowest BCUT2D eigenvalue weighted by atomic mass is 9.93. The smallest absolute Gasteiger partial charge is 0.317 e. The summed E-state index contributed by atoms with van der Waals surface area (Å²) in [6, 6.07) is 3.77. The zero-order valence-corrected chi connectivity index (χ0v) is 15.0. The molecule has 0 bridgehead atoms. The number of hydrogen-bond donors (Lipinski definition) is 1. The van der Waals surface area contributed by atoms with E-state index in [1.807, 2.05) is 35.8 Å². The summed E-state index contributed by atoms with van der Waals surface area (Å²) in [5, 5.41) is 7.31. The fourth-order valence-electron chi connectivity index (χ4n) is 3.44. The summed E-state index contributed by atoms with van der Waals surface area (Å²) < 4.78 is 7.25. The molecule has 134 valence electrons. The van der Waals surface area contributed by atoms with Crippen LogP contribution >= 0.6 is 0 Å². The van der Waals surface area contributed by atoms with E-state index in [-0.39, 0.29) is 12.1 Å². The number of methoxy groups -OCH3 is 1. The molecule has 1 unspecified atom stereocenters. The number of likely N-dealkylation sites (tertiary alicyclic amines) is 1. The quantitative estimate of drug-likeness (QED) is 0.926. The van der Waals surface area contributed by atoms with E-state index >= 15 is 0 Å². The number of aromatic nitrogens is 3. The molecule has 3 rings (SSSR count). The molecule has 7 nitrogen and oxygen atoms in total. The van der Waals surface area contributed by atoms with Crippen molar-refractivity contribution in [2.45, 2.75) is 31.7 Å². The molecule has 2 aromatic heterocycles. The highest BCUT2D eigenvalue weighted by Gasteiger charge is 2.26. The number of carbonyl (C=O) groups is 1. The molecule has 7 heteroatoms. The Balaban J connectivity index is 1.57. The molecule has 2 amide bonds. The molecule has 3 heterocycles. The van der Waals surface area contributed by atoms with E-state index in [0.29, 0.717) is 11.7 Å². The molecule has 1 aliphatic heterocycles. The predicted octanol–water partition coefficient (Wildman–Crippen LogP) is 2.47. The highest BCUT2D eigenvalue weighted by molar-refractivity contribution is 5.75. The van der Waals surface area contributed by atoms with Crippen LogP contribution in [0.15, 0.2) is 30.7 Å². The molecule has 1 fully saturated rings. The van der Waals surface area contributed by atoms with Crippen LogP contribution in [0, 0.1) is 0 Å². The van der Waals surface area contributed by atoms with Gasteiger partial charge in [0, 0.05) is 49.7 Å². The van der Waals surface area contributed by atoms with Gasteiger partial charge in [0.25, 0.3) is 0 Å². The highest BCUT2D eigenvalue weighted by Crippen LogP contribution is 2.28. The number of amides is 2. The average molecular weight is 343 g/mol. The molecule has 0 spiro atoms. The van der Waals surface area contributed by atoms with Crippen LogP contribution in [-0.2, 0) is 7.05 Å². The van der Waals surface area contributed by atoms with E-state index in [2.05, 4.69) is 21.5 Å². The fourth-order valence-corrected chi connectivity index (χ4v) is 3.44. The molecule has 1 N–H and O–H groups in total. The van der Waals surface area contributed by atoms with Crippen molar-refractivity contribution in [2.24, 2.45) is 7.05 Å². The van der Waals surface area contributed by atoms with Gasteiger partial charge >= 0.3 is 6.03 Å². The molecule has 2 aromatic rings. The van der Waals surface area contributed by atoms with Crippen LogP contribution in [0.3, 0.4) is 0 Å². The minimum atomic E-state index is -0.139. The summed E-state index contributed by atoms with van der Waals surface area (Å²) in [4.78, 5) is 18.5. The van der Waals surface area contributed by atoms with E-state index in [1.54, 1.807) is 19.5 Å². The van der Waals surface area contributed by atoms with Crippen LogP contribution in [-0.4, -0.2) is 45.9 Å². The number of urea groups is 1. The normalized spacial score (nSPS) is 16.5. The topological polar surface area (TPSA) is 72.3 Å². The van der Waals surface area contributed by atoms with Gasteiger partial charge in [-0.15, -0.1) is 0 Å². The summed E-state index contributed by atoms with van der Waals surface area (Å²) in [7, 11) is 3.58. The van der Waals surface area contributed by atoms with Gasteiger partial charge in [0.15, 0.2) is 0 Å². The number of pyridine rings is 1. The zero-order valence-electron chi connectivity index (χ0n) is 15.0. The van der Waals surface area contributed by atoms with Crippen LogP contribution < -0.4 is 10.1 Å². The van der Waals surface area contributed by atoms with Crippen molar-refractivity contribution in [2.75, 3.05) is 20.2 Å². The molecule has 0 aromatic carbocycles. The minimum Gasteiger partial charge on any atom is -0.495 e. The Labute approximate surface area is 148 Å². The first-order valence-electron chi connectivity index (χ1n) is 8.61. The van der Waals surface area contributed by atoms with Gasteiger partial charge in [-0.25, -0.2) is 4.79 Å². The Kier molecular flexibility index (Phi) is 5.21. The fraction of sp³-hybridized carbons (Fsp3) is 0.500. The lowest BCUT2D eigenvalue weighted by Gasteiger charge is -2.33. The van der Waals surface area contributed by atoms with Crippen molar-refractivity contribution in [1.82, 2.24) is 25.0 Å². The lowest BCUT2D eigenvalue weighted by Crippen LogP contribution is -2.45. The standard InChI is InChI=1S/C18H25N5O2/c1-13(15-4-8-19-12-17(15)25-3)21-18(24)23-10-6-14(7-11-23)16-5-9-20-22(16)2/h4-5,8-9,12-14H,6-7,10-11H2,1-3H3,(H,21,24). The van der Waals surface area contributed by atoms with Crippen LogP contribution in [0.25, 0.3) is 0 Å². The van der Waals surface area contributed by atoms with Crippen LogP contribution in [0.5, 0.6) is 5.75 Å². The van der Waals surface area contributed by atoms with Crippen molar-refractivity contribution in [3.05, 3.63) is 42.0 Å². The summed E-state index contributed by atoms with van der Waals surface area (Å²) in [6.07, 6.45) is 7.12. The van der Waals surface area contributed by atoms with E-state index < -0.39 is 0 Å². The Hall–Kier alpha value is -2.57. The Bertz CT molecular complexity index is 722. The van der Waals surface area contributed by atoms with E-state index in [4.69, 9.17) is 4.74 Å². The SMILES string of the molecule is COc1cnccc1C(C)NC(=O)N1CCC(c2ccnn2C)CC1. The van der Waals surface area contributed by atoms with E-state index in [9.17, 15) is 4.79 Å². The molecule has 1 aliphatic rings. The molecular formula is C18H25N5O2. The third-order valence-electron chi connectivity index (χ3n) is 4.90. The second-order valence-electron chi connectivity index (χ2n) is 6.43. The Morgan fingerprint density at radius 3 is 2.72 bits per heavy atom. The van der Waals surface area contributed by atoms with Crippen LogP contribution in [0.4, 0.5) is 4.79 Å². The van der Waals surface area contributed by atoms with Crippen LogP contribution in [0.2, 0.25) is 0 Å². The van der Waals surface area contributed by atoms with Gasteiger partial charge in [0.1, 0.15) is 5.75 Å². The number of aryl methyl sites for hydroxylation is 1. The first-order chi connectivity index (χ1) is 12.1. The van der Waals surface area contributed by atoms with Gasteiger partial charge in [0.05, 0.1) is 19.3 Å². The number of rotatable bonds is 4. The highest BCUT2D eigenvalue weighted by atomic mass is 16.5. The van der Waals surface area contributed by atoms with Gasteiger partial charge < -0.3 is 15.0 Å². The number of nitrogens with one attached hydrogen (secondary N) is 1. The largest absolute Gasteiger partial charge is 0.495 e. The number of nitrogens with zero attached hydrogens (tertiary/aromatic N) is 4. The van der Waals surface area contributed by atoms with Gasteiger partial charge in [-0.1, -0.05) is 0 Å². The van der Waals surface area contributed by atoms with Gasteiger partial charge in [0.2, 0.25) is 0 Å². The van der Waals surface area contributed by atoms with Crippen molar-refractivity contribution in [1.29, 1.82) is 0 Å². The van der Waals surface area contributed by atoms with Crippen molar-refractivity contribution >= 4 is 6.03 Å². The Morgan fingerprint density at radius 1 is 1.32 bits per heavy atom. The molecule has 25 heavy (non-hydrogen) atoms. The van der Waals surface area contributed by atoms with Crippen molar-refractivity contribution < 1.29 is 9.53 Å². The summed E-state index contributed by atoms with van der Waals surface area (Å²) in [5.74, 6) is 1.15. The molecule has 1 atom stereocenters. The monoisotopic (exact) mass is 343 g/mol. The molecule has 1 saturated heterocycles. The van der Waals surface area contributed by atoms with Crippen LogP contribution in [0.1, 0.15) is 43.0 Å².